The summed E-state index contributed by atoms with van der Waals surface area (Å²) < 4.78 is 5.37. The van der Waals surface area contributed by atoms with E-state index in [9.17, 15) is 0 Å². The number of fused-ring (bicyclic) bond motifs is 2. The first kappa shape index (κ1) is 22.9. The molecule has 2 nitrogen and oxygen atoms in total. The van der Waals surface area contributed by atoms with Crippen molar-refractivity contribution in [3.8, 4) is 5.75 Å². The smallest absolute Gasteiger partial charge is 0.119 e. The molecule has 37 heavy (non-hydrogen) atoms. The van der Waals surface area contributed by atoms with Gasteiger partial charge in [-0.1, -0.05) is 72.8 Å². The van der Waals surface area contributed by atoms with E-state index >= 15 is 0 Å². The standard InChI is InChI=1S/C35H29NO/c1-37-35-21-19-34(20-22-35)36(32-9-3-2-4-10-32)33-17-14-26(15-18-33)11-12-27-13-16-30-24-28-7-5-6-8-29(28)25-31(30)23-27/h2-3,5-9,11-25H,4,10H2,1H3. The van der Waals surface area contributed by atoms with Gasteiger partial charge in [-0.2, -0.15) is 0 Å². The van der Waals surface area contributed by atoms with Gasteiger partial charge in [0.15, 0.2) is 0 Å². The third-order valence-corrected chi connectivity index (χ3v) is 6.96. The summed E-state index contributed by atoms with van der Waals surface area (Å²) in [5, 5.41) is 5.09. The quantitative estimate of drug-likeness (QED) is 0.178. The van der Waals surface area contributed by atoms with Crippen LogP contribution in [-0.2, 0) is 0 Å². The molecule has 0 saturated carbocycles. The second-order valence-electron chi connectivity index (χ2n) is 9.39. The van der Waals surface area contributed by atoms with Crippen LogP contribution in [0.15, 0.2) is 127 Å². The minimum Gasteiger partial charge on any atom is -0.497 e. The SMILES string of the molecule is COc1ccc(N(C2=CC=CCC2)c2ccc(C=Cc3ccc4cc5ccccc5cc4c3)cc2)cc1. The predicted molar refractivity (Wildman–Crippen MR) is 158 cm³/mol. The molecule has 0 aliphatic heterocycles. The summed E-state index contributed by atoms with van der Waals surface area (Å²) in [4.78, 5) is 2.34. The Morgan fingerprint density at radius 3 is 1.95 bits per heavy atom. The molecule has 0 N–H and O–H groups in total. The van der Waals surface area contributed by atoms with Crippen LogP contribution in [0.5, 0.6) is 5.75 Å². The van der Waals surface area contributed by atoms with Gasteiger partial charge in [0.2, 0.25) is 0 Å². The molecular formula is C35H29NO. The molecular weight excluding hydrogens is 450 g/mol. The number of hydrogen-bond donors (Lipinski definition) is 0. The van der Waals surface area contributed by atoms with Crippen LogP contribution in [0, 0.1) is 0 Å². The van der Waals surface area contributed by atoms with E-state index in [4.69, 9.17) is 4.74 Å². The molecule has 6 rings (SSSR count). The predicted octanol–water partition coefficient (Wildman–Crippen LogP) is 9.54. The van der Waals surface area contributed by atoms with Crippen LogP contribution in [0.1, 0.15) is 24.0 Å². The van der Waals surface area contributed by atoms with E-state index in [1.165, 1.54) is 38.4 Å². The van der Waals surface area contributed by atoms with Gasteiger partial charge in [0.25, 0.3) is 0 Å². The molecule has 2 heteroatoms. The first-order valence-corrected chi connectivity index (χ1v) is 12.8. The van der Waals surface area contributed by atoms with Gasteiger partial charge in [0.05, 0.1) is 7.11 Å². The zero-order valence-corrected chi connectivity index (χ0v) is 21.0. The minimum absolute atomic E-state index is 0.864. The van der Waals surface area contributed by atoms with Gasteiger partial charge in [-0.25, -0.2) is 0 Å². The Morgan fingerprint density at radius 1 is 0.649 bits per heavy atom. The van der Waals surface area contributed by atoms with Crippen LogP contribution in [0.4, 0.5) is 11.4 Å². The molecule has 5 aromatic rings. The van der Waals surface area contributed by atoms with Crippen LogP contribution in [0.2, 0.25) is 0 Å². The second kappa shape index (κ2) is 10.2. The molecule has 0 atom stereocenters. The molecule has 1 aliphatic carbocycles. The van der Waals surface area contributed by atoms with Gasteiger partial charge in [0, 0.05) is 17.1 Å². The number of hydrogen-bond acceptors (Lipinski definition) is 2. The fourth-order valence-corrected chi connectivity index (χ4v) is 4.98. The van der Waals surface area contributed by atoms with Crippen LogP contribution in [0.25, 0.3) is 33.7 Å². The molecule has 0 aromatic heterocycles. The Balaban J connectivity index is 1.27. The van der Waals surface area contributed by atoms with Gasteiger partial charge in [-0.3, -0.25) is 0 Å². The molecule has 0 radical (unpaired) electrons. The third-order valence-electron chi connectivity index (χ3n) is 6.96. The molecule has 1 aliphatic rings. The summed E-state index contributed by atoms with van der Waals surface area (Å²) in [5.74, 6) is 0.864. The molecule has 0 spiro atoms. The van der Waals surface area contributed by atoms with Gasteiger partial charge in [-0.05, 0) is 106 Å². The lowest BCUT2D eigenvalue weighted by molar-refractivity contribution is 0.415. The maximum absolute atomic E-state index is 5.37. The summed E-state index contributed by atoms with van der Waals surface area (Å²) in [6.07, 6.45) is 13.0. The highest BCUT2D eigenvalue weighted by Crippen LogP contribution is 2.34. The van der Waals surface area contributed by atoms with Crippen molar-refractivity contribution in [3.05, 3.63) is 138 Å². The van der Waals surface area contributed by atoms with Crippen LogP contribution < -0.4 is 9.64 Å². The number of ether oxygens (including phenoxy) is 1. The highest BCUT2D eigenvalue weighted by atomic mass is 16.5. The summed E-state index contributed by atoms with van der Waals surface area (Å²) in [6.45, 7) is 0. The van der Waals surface area contributed by atoms with Gasteiger partial charge in [0.1, 0.15) is 5.75 Å². The minimum atomic E-state index is 0.864. The van der Waals surface area contributed by atoms with Crippen LogP contribution >= 0.6 is 0 Å². The van der Waals surface area contributed by atoms with E-state index in [1.54, 1.807) is 7.11 Å². The van der Waals surface area contributed by atoms with Crippen molar-refractivity contribution < 1.29 is 4.74 Å². The number of benzene rings is 5. The van der Waals surface area contributed by atoms with E-state index in [-0.39, 0.29) is 0 Å². The first-order chi connectivity index (χ1) is 18.3. The molecule has 0 amide bonds. The molecule has 180 valence electrons. The van der Waals surface area contributed by atoms with E-state index < -0.39 is 0 Å². The molecule has 5 aromatic carbocycles. The number of allylic oxidation sites excluding steroid dienone is 4. The lowest BCUT2D eigenvalue weighted by atomic mass is 10.0. The Hall–Kier alpha value is -4.56. The third kappa shape index (κ3) is 4.92. The molecule has 0 heterocycles. The fourth-order valence-electron chi connectivity index (χ4n) is 4.98. The highest BCUT2D eigenvalue weighted by molar-refractivity contribution is 5.99. The van der Waals surface area contributed by atoms with Crippen LogP contribution in [0.3, 0.4) is 0 Å². The largest absolute Gasteiger partial charge is 0.497 e. The Kier molecular flexibility index (Phi) is 6.31. The highest BCUT2D eigenvalue weighted by Gasteiger charge is 2.15. The van der Waals surface area contributed by atoms with Crippen molar-refractivity contribution >= 4 is 45.1 Å². The van der Waals surface area contributed by atoms with Gasteiger partial charge < -0.3 is 9.64 Å². The molecule has 0 bridgehead atoms. The Bertz CT molecular complexity index is 1640. The number of methoxy groups -OCH3 is 1. The number of anilines is 2. The maximum Gasteiger partial charge on any atom is 0.119 e. The monoisotopic (exact) mass is 479 g/mol. The second-order valence-corrected chi connectivity index (χ2v) is 9.39. The van der Waals surface area contributed by atoms with Crippen molar-refractivity contribution in [2.45, 2.75) is 12.8 Å². The van der Waals surface area contributed by atoms with Crippen molar-refractivity contribution in [3.63, 3.8) is 0 Å². The zero-order valence-electron chi connectivity index (χ0n) is 21.0. The maximum atomic E-state index is 5.37. The zero-order chi connectivity index (χ0) is 25.0. The Morgan fingerprint density at radius 2 is 1.27 bits per heavy atom. The molecule has 0 unspecified atom stereocenters. The summed E-state index contributed by atoms with van der Waals surface area (Å²) in [6, 6.07) is 36.8. The fraction of sp³-hybridized carbons (Fsp3) is 0.0857. The summed E-state index contributed by atoms with van der Waals surface area (Å²) in [7, 11) is 1.70. The number of rotatable bonds is 6. The topological polar surface area (TPSA) is 12.5 Å². The van der Waals surface area contributed by atoms with Crippen molar-refractivity contribution in [1.29, 1.82) is 0 Å². The molecule has 0 saturated heterocycles. The lowest BCUT2D eigenvalue weighted by Gasteiger charge is -2.29. The van der Waals surface area contributed by atoms with Gasteiger partial charge >= 0.3 is 0 Å². The molecule has 0 fully saturated rings. The summed E-state index contributed by atoms with van der Waals surface area (Å²) in [5.41, 5.74) is 5.95. The van der Waals surface area contributed by atoms with Crippen molar-refractivity contribution in [2.75, 3.05) is 12.0 Å². The normalized spacial score (nSPS) is 13.3. The summed E-state index contributed by atoms with van der Waals surface area (Å²) >= 11 is 0. The van der Waals surface area contributed by atoms with Gasteiger partial charge in [-0.15, -0.1) is 0 Å². The average molecular weight is 480 g/mol. The van der Waals surface area contributed by atoms with Crippen LogP contribution in [-0.4, -0.2) is 7.11 Å². The number of nitrogens with zero attached hydrogens (tertiary/aromatic N) is 1. The lowest BCUT2D eigenvalue weighted by Crippen LogP contribution is -2.17. The average Bonchev–Trinajstić information content (AvgIpc) is 2.96. The van der Waals surface area contributed by atoms with Crippen molar-refractivity contribution in [1.82, 2.24) is 0 Å². The first-order valence-electron chi connectivity index (χ1n) is 12.8. The van der Waals surface area contributed by atoms with E-state index in [2.05, 4.69) is 126 Å². The van der Waals surface area contributed by atoms with E-state index in [1.807, 2.05) is 12.1 Å². The van der Waals surface area contributed by atoms with Crippen molar-refractivity contribution in [2.24, 2.45) is 0 Å². The van der Waals surface area contributed by atoms with E-state index in [0.717, 1.165) is 30.0 Å². The van der Waals surface area contributed by atoms with E-state index in [0.29, 0.717) is 0 Å². The Labute approximate surface area is 218 Å².